The lowest BCUT2D eigenvalue weighted by Gasteiger charge is -2.33. The predicted molar refractivity (Wildman–Crippen MR) is 78.2 cm³/mol. The highest BCUT2D eigenvalue weighted by Gasteiger charge is 2.33. The molecular weight excluding hydrogens is 296 g/mol. The zero-order valence-electron chi connectivity index (χ0n) is 12.8. The van der Waals surface area contributed by atoms with Crippen molar-refractivity contribution in [3.63, 3.8) is 0 Å². The van der Waals surface area contributed by atoms with Gasteiger partial charge in [-0.05, 0) is 18.8 Å². The van der Waals surface area contributed by atoms with E-state index < -0.39 is 21.9 Å². The van der Waals surface area contributed by atoms with Gasteiger partial charge in [-0.15, -0.1) is 0 Å². The quantitative estimate of drug-likeness (QED) is 0.756. The highest BCUT2D eigenvalue weighted by Crippen LogP contribution is 2.21. The third-order valence-electron chi connectivity index (χ3n) is 3.43. The number of carboxylic acids is 1. The van der Waals surface area contributed by atoms with Crippen LogP contribution < -0.4 is 0 Å². The number of aliphatic carboxylic acids is 1. The summed E-state index contributed by atoms with van der Waals surface area (Å²) in [5, 5.41) is 8.93. The van der Waals surface area contributed by atoms with E-state index in [1.807, 2.05) is 13.8 Å². The maximum absolute atomic E-state index is 12.5. The summed E-state index contributed by atoms with van der Waals surface area (Å²) in [5.41, 5.74) is 0. The minimum Gasteiger partial charge on any atom is -0.480 e. The third-order valence-corrected chi connectivity index (χ3v) is 4.70. The molecule has 1 atom stereocenters. The number of carboxylic acid groups (broad SMARTS) is 1. The lowest BCUT2D eigenvalue weighted by molar-refractivity contribution is -0.147. The number of rotatable bonds is 6. The first-order valence-electron chi connectivity index (χ1n) is 7.07. The van der Waals surface area contributed by atoms with Gasteiger partial charge < -0.3 is 10.0 Å². The van der Waals surface area contributed by atoms with E-state index in [0.29, 0.717) is 25.9 Å². The number of nitrogens with zero attached hydrogens (tertiary/aromatic N) is 2. The number of carbonyl (C=O) groups is 2. The van der Waals surface area contributed by atoms with Crippen molar-refractivity contribution in [1.29, 1.82) is 0 Å². The molecule has 0 radical (unpaired) electrons. The van der Waals surface area contributed by atoms with Gasteiger partial charge >= 0.3 is 5.97 Å². The molecule has 1 unspecified atom stereocenters. The Morgan fingerprint density at radius 3 is 2.48 bits per heavy atom. The van der Waals surface area contributed by atoms with Crippen LogP contribution in [0.15, 0.2) is 0 Å². The van der Waals surface area contributed by atoms with Gasteiger partial charge in [0.25, 0.3) is 0 Å². The van der Waals surface area contributed by atoms with Crippen molar-refractivity contribution in [3.05, 3.63) is 0 Å². The molecule has 0 spiro atoms. The van der Waals surface area contributed by atoms with Crippen LogP contribution in [-0.4, -0.2) is 67.0 Å². The van der Waals surface area contributed by atoms with Crippen molar-refractivity contribution in [2.45, 2.75) is 26.7 Å². The second-order valence-corrected chi connectivity index (χ2v) is 7.95. The summed E-state index contributed by atoms with van der Waals surface area (Å²) in [5.74, 6) is -1.62. The van der Waals surface area contributed by atoms with Crippen LogP contribution in [0.5, 0.6) is 0 Å². The summed E-state index contributed by atoms with van der Waals surface area (Å²) in [4.78, 5) is 24.7. The van der Waals surface area contributed by atoms with Crippen LogP contribution in [0.3, 0.4) is 0 Å². The summed E-state index contributed by atoms with van der Waals surface area (Å²) in [6.45, 7) is 4.40. The van der Waals surface area contributed by atoms with Gasteiger partial charge in [0.05, 0.1) is 12.2 Å². The van der Waals surface area contributed by atoms with Gasteiger partial charge in [0.2, 0.25) is 15.9 Å². The van der Waals surface area contributed by atoms with Crippen molar-refractivity contribution in [3.8, 4) is 0 Å². The Labute approximate surface area is 126 Å². The van der Waals surface area contributed by atoms with Crippen LogP contribution in [0.25, 0.3) is 0 Å². The molecule has 0 aliphatic carbocycles. The maximum atomic E-state index is 12.5. The average molecular weight is 320 g/mol. The molecule has 1 heterocycles. The largest absolute Gasteiger partial charge is 0.480 e. The van der Waals surface area contributed by atoms with Crippen LogP contribution in [0.1, 0.15) is 26.7 Å². The summed E-state index contributed by atoms with van der Waals surface area (Å²) in [6, 6.07) is 0. The molecule has 0 bridgehead atoms. The van der Waals surface area contributed by atoms with Gasteiger partial charge in [-0.3, -0.25) is 9.59 Å². The molecule has 122 valence electrons. The first kappa shape index (κ1) is 17.9. The van der Waals surface area contributed by atoms with E-state index in [4.69, 9.17) is 5.11 Å². The van der Waals surface area contributed by atoms with Gasteiger partial charge in [0.15, 0.2) is 0 Å². The number of amides is 1. The molecule has 1 amide bonds. The summed E-state index contributed by atoms with van der Waals surface area (Å²) in [7, 11) is -3.32. The van der Waals surface area contributed by atoms with E-state index in [1.165, 1.54) is 9.21 Å². The SMILES string of the molecule is CC(C)CN(CC(=O)O)C(=O)C1CCCN(S(C)(=O)=O)C1. The fraction of sp³-hybridized carbons (Fsp3) is 0.846. The Bertz CT molecular complexity index is 489. The molecule has 8 heteroatoms. The predicted octanol–water partition coefficient (Wildman–Crippen LogP) is 0.227. The molecule has 1 fully saturated rings. The van der Waals surface area contributed by atoms with E-state index in [-0.39, 0.29) is 24.9 Å². The van der Waals surface area contributed by atoms with Crippen molar-refractivity contribution < 1.29 is 23.1 Å². The molecule has 7 nitrogen and oxygen atoms in total. The van der Waals surface area contributed by atoms with E-state index in [9.17, 15) is 18.0 Å². The number of hydrogen-bond donors (Lipinski definition) is 1. The van der Waals surface area contributed by atoms with E-state index in [1.54, 1.807) is 0 Å². The molecule has 1 aliphatic rings. The topological polar surface area (TPSA) is 95.0 Å². The molecule has 21 heavy (non-hydrogen) atoms. The normalized spacial score (nSPS) is 20.5. The molecule has 1 saturated heterocycles. The highest BCUT2D eigenvalue weighted by atomic mass is 32.2. The first-order chi connectivity index (χ1) is 9.61. The van der Waals surface area contributed by atoms with Crippen molar-refractivity contribution >= 4 is 21.9 Å². The van der Waals surface area contributed by atoms with E-state index in [2.05, 4.69) is 0 Å². The fourth-order valence-corrected chi connectivity index (χ4v) is 3.45. The van der Waals surface area contributed by atoms with Gasteiger partial charge in [-0.25, -0.2) is 12.7 Å². The molecule has 1 aliphatic heterocycles. The second kappa shape index (κ2) is 7.22. The van der Waals surface area contributed by atoms with Crippen LogP contribution in [0.4, 0.5) is 0 Å². The number of carbonyl (C=O) groups excluding carboxylic acids is 1. The van der Waals surface area contributed by atoms with Gasteiger partial charge in [0, 0.05) is 19.6 Å². The number of piperidine rings is 1. The smallest absolute Gasteiger partial charge is 0.323 e. The number of hydrogen-bond acceptors (Lipinski definition) is 4. The molecule has 0 aromatic rings. The Kier molecular flexibility index (Phi) is 6.15. The van der Waals surface area contributed by atoms with E-state index >= 15 is 0 Å². The Balaban J connectivity index is 2.80. The van der Waals surface area contributed by atoms with Crippen molar-refractivity contribution in [2.24, 2.45) is 11.8 Å². The zero-order valence-corrected chi connectivity index (χ0v) is 13.6. The molecule has 0 aromatic heterocycles. The molecule has 0 aromatic carbocycles. The first-order valence-corrected chi connectivity index (χ1v) is 8.91. The summed E-state index contributed by atoms with van der Waals surface area (Å²) in [6.07, 6.45) is 2.34. The fourth-order valence-electron chi connectivity index (χ4n) is 2.54. The Morgan fingerprint density at radius 2 is 2.00 bits per heavy atom. The van der Waals surface area contributed by atoms with Crippen molar-refractivity contribution in [2.75, 3.05) is 32.4 Å². The molecular formula is C13H24N2O5S. The molecule has 1 N–H and O–H groups in total. The summed E-state index contributed by atoms with van der Waals surface area (Å²) < 4.78 is 24.5. The summed E-state index contributed by atoms with van der Waals surface area (Å²) >= 11 is 0. The van der Waals surface area contributed by atoms with Crippen LogP contribution >= 0.6 is 0 Å². The average Bonchev–Trinajstić information content (AvgIpc) is 2.35. The van der Waals surface area contributed by atoms with Crippen molar-refractivity contribution in [1.82, 2.24) is 9.21 Å². The van der Waals surface area contributed by atoms with Gasteiger partial charge in [0.1, 0.15) is 6.54 Å². The van der Waals surface area contributed by atoms with Crippen LogP contribution in [0.2, 0.25) is 0 Å². The van der Waals surface area contributed by atoms with Crippen LogP contribution in [0, 0.1) is 11.8 Å². The second-order valence-electron chi connectivity index (χ2n) is 5.97. The minimum absolute atomic E-state index is 0.145. The standard InChI is InChI=1S/C13H24N2O5S/c1-10(2)7-14(9-12(16)17)13(18)11-5-4-6-15(8-11)21(3,19)20/h10-11H,4-9H2,1-3H3,(H,16,17). The van der Waals surface area contributed by atoms with Gasteiger partial charge in [-0.2, -0.15) is 0 Å². The molecule has 1 rings (SSSR count). The molecule has 0 saturated carbocycles. The van der Waals surface area contributed by atoms with Gasteiger partial charge in [-0.1, -0.05) is 13.8 Å². The van der Waals surface area contributed by atoms with E-state index in [0.717, 1.165) is 6.26 Å². The highest BCUT2D eigenvalue weighted by molar-refractivity contribution is 7.88. The third kappa shape index (κ3) is 5.62. The minimum atomic E-state index is -3.32. The monoisotopic (exact) mass is 320 g/mol. The maximum Gasteiger partial charge on any atom is 0.323 e. The Hall–Kier alpha value is -1.15. The lowest BCUT2D eigenvalue weighted by atomic mass is 9.97. The van der Waals surface area contributed by atoms with Crippen LogP contribution in [-0.2, 0) is 19.6 Å². The Morgan fingerprint density at radius 1 is 1.38 bits per heavy atom. The number of sulfonamides is 1. The zero-order chi connectivity index (χ0) is 16.2. The lowest BCUT2D eigenvalue weighted by Crippen LogP contribution is -2.48.